The Balaban J connectivity index is 2.51. The van der Waals surface area contributed by atoms with E-state index in [1.165, 1.54) is 0 Å². The number of aryl methyl sites for hydroxylation is 1. The average Bonchev–Trinajstić information content (AvgIpc) is 2.32. The highest BCUT2D eigenvalue weighted by atomic mass is 35.5. The van der Waals surface area contributed by atoms with Gasteiger partial charge in [-0.15, -0.1) is 0 Å². The smallest absolute Gasteiger partial charge is 0.0766 e. The summed E-state index contributed by atoms with van der Waals surface area (Å²) in [5, 5.41) is 14.2. The van der Waals surface area contributed by atoms with Crippen LogP contribution in [0, 0.1) is 6.92 Å². The van der Waals surface area contributed by atoms with Crippen molar-refractivity contribution in [2.45, 2.75) is 45.8 Å². The summed E-state index contributed by atoms with van der Waals surface area (Å²) in [5.74, 6) is 0. The molecule has 3 heteroatoms. The molecular weight excluding hydrogens is 234 g/mol. The van der Waals surface area contributed by atoms with Crippen molar-refractivity contribution in [3.05, 3.63) is 34.3 Å². The van der Waals surface area contributed by atoms with Gasteiger partial charge in [0, 0.05) is 18.1 Å². The molecule has 0 aliphatic rings. The van der Waals surface area contributed by atoms with Gasteiger partial charge in [-0.2, -0.15) is 0 Å². The second kappa shape index (κ2) is 6.39. The first-order chi connectivity index (χ1) is 8.00. The van der Waals surface area contributed by atoms with Gasteiger partial charge in [-0.25, -0.2) is 0 Å². The molecule has 0 aliphatic heterocycles. The number of rotatable bonds is 6. The topological polar surface area (TPSA) is 32.3 Å². The third-order valence-electron chi connectivity index (χ3n) is 3.29. The van der Waals surface area contributed by atoms with Crippen molar-refractivity contribution < 1.29 is 5.11 Å². The minimum Gasteiger partial charge on any atom is -0.389 e. The zero-order valence-electron chi connectivity index (χ0n) is 10.9. The van der Waals surface area contributed by atoms with Gasteiger partial charge in [0.15, 0.2) is 0 Å². The number of halogens is 1. The molecule has 0 saturated carbocycles. The second-order valence-electron chi connectivity index (χ2n) is 4.63. The van der Waals surface area contributed by atoms with E-state index >= 15 is 0 Å². The van der Waals surface area contributed by atoms with Crippen LogP contribution in [0.15, 0.2) is 18.2 Å². The van der Waals surface area contributed by atoms with Crippen LogP contribution in [0.4, 0.5) is 0 Å². The van der Waals surface area contributed by atoms with Crippen molar-refractivity contribution >= 4 is 11.6 Å². The fraction of sp³-hybridized carbons (Fsp3) is 0.571. The number of nitrogens with one attached hydrogen (secondary N) is 1. The fourth-order valence-corrected chi connectivity index (χ4v) is 2.03. The molecule has 1 aromatic carbocycles. The van der Waals surface area contributed by atoms with Crippen LogP contribution in [-0.2, 0) is 6.54 Å². The molecule has 0 unspecified atom stereocenters. The molecule has 0 fully saturated rings. The lowest BCUT2D eigenvalue weighted by Gasteiger charge is -2.25. The SMILES string of the molecule is CCC(O)(CC)CNCc1ccc(C)cc1Cl. The van der Waals surface area contributed by atoms with E-state index in [0.29, 0.717) is 13.1 Å². The van der Waals surface area contributed by atoms with Crippen molar-refractivity contribution in [3.63, 3.8) is 0 Å². The Labute approximate surface area is 109 Å². The molecule has 0 amide bonds. The first-order valence-corrected chi connectivity index (χ1v) is 6.56. The van der Waals surface area contributed by atoms with E-state index in [2.05, 4.69) is 11.4 Å². The maximum absolute atomic E-state index is 10.1. The molecule has 0 spiro atoms. The molecule has 0 atom stereocenters. The Kier molecular flexibility index (Phi) is 5.44. The predicted octanol–water partition coefficient (Wildman–Crippen LogP) is 3.29. The van der Waals surface area contributed by atoms with Crippen molar-refractivity contribution in [1.82, 2.24) is 5.32 Å². The Bertz CT molecular complexity index is 361. The van der Waals surface area contributed by atoms with E-state index in [0.717, 1.165) is 29.0 Å². The molecule has 1 rings (SSSR count). The van der Waals surface area contributed by atoms with Crippen molar-refractivity contribution in [2.75, 3.05) is 6.54 Å². The minimum absolute atomic E-state index is 0.600. The Morgan fingerprint density at radius 1 is 1.29 bits per heavy atom. The lowest BCUT2D eigenvalue weighted by molar-refractivity contribution is 0.0323. The van der Waals surface area contributed by atoms with Gasteiger partial charge in [0.1, 0.15) is 0 Å². The van der Waals surface area contributed by atoms with E-state index in [1.54, 1.807) is 0 Å². The second-order valence-corrected chi connectivity index (χ2v) is 5.04. The number of hydrogen-bond acceptors (Lipinski definition) is 2. The largest absolute Gasteiger partial charge is 0.389 e. The van der Waals surface area contributed by atoms with E-state index in [9.17, 15) is 5.11 Å². The van der Waals surface area contributed by atoms with Gasteiger partial charge in [-0.05, 0) is 37.0 Å². The molecule has 2 N–H and O–H groups in total. The van der Waals surface area contributed by atoms with Crippen molar-refractivity contribution in [3.8, 4) is 0 Å². The average molecular weight is 256 g/mol. The Morgan fingerprint density at radius 2 is 1.94 bits per heavy atom. The molecule has 0 saturated heterocycles. The summed E-state index contributed by atoms with van der Waals surface area (Å²) in [4.78, 5) is 0. The normalized spacial score (nSPS) is 11.8. The van der Waals surface area contributed by atoms with E-state index < -0.39 is 5.60 Å². The molecule has 0 heterocycles. The quantitative estimate of drug-likeness (QED) is 0.818. The van der Waals surface area contributed by atoms with Crippen LogP contribution < -0.4 is 5.32 Å². The van der Waals surface area contributed by atoms with Crippen LogP contribution in [0.1, 0.15) is 37.8 Å². The van der Waals surface area contributed by atoms with E-state index in [1.807, 2.05) is 32.9 Å². The van der Waals surface area contributed by atoms with Crippen molar-refractivity contribution in [1.29, 1.82) is 0 Å². The summed E-state index contributed by atoms with van der Waals surface area (Å²) in [6, 6.07) is 6.04. The summed E-state index contributed by atoms with van der Waals surface area (Å²) in [6.07, 6.45) is 1.52. The fourth-order valence-electron chi connectivity index (χ4n) is 1.73. The third kappa shape index (κ3) is 4.30. The number of benzene rings is 1. The first kappa shape index (κ1) is 14.5. The van der Waals surface area contributed by atoms with Gasteiger partial charge in [0.2, 0.25) is 0 Å². The van der Waals surface area contributed by atoms with Crippen LogP contribution in [0.2, 0.25) is 5.02 Å². The minimum atomic E-state index is -0.600. The third-order valence-corrected chi connectivity index (χ3v) is 3.65. The Hall–Kier alpha value is -0.570. The highest BCUT2D eigenvalue weighted by Crippen LogP contribution is 2.18. The van der Waals surface area contributed by atoms with Crippen molar-refractivity contribution in [2.24, 2.45) is 0 Å². The predicted molar refractivity (Wildman–Crippen MR) is 73.4 cm³/mol. The maximum Gasteiger partial charge on any atom is 0.0766 e. The Morgan fingerprint density at radius 3 is 2.47 bits per heavy atom. The van der Waals surface area contributed by atoms with Gasteiger partial charge >= 0.3 is 0 Å². The molecule has 0 aliphatic carbocycles. The zero-order valence-corrected chi connectivity index (χ0v) is 11.6. The summed E-state index contributed by atoms with van der Waals surface area (Å²) >= 11 is 6.14. The van der Waals surface area contributed by atoms with Crippen LogP contribution >= 0.6 is 11.6 Å². The molecule has 2 nitrogen and oxygen atoms in total. The standard InChI is InChI=1S/C14H22ClNO/c1-4-14(17,5-2)10-16-9-12-7-6-11(3)8-13(12)15/h6-8,16-17H,4-5,9-10H2,1-3H3. The van der Waals surface area contributed by atoms with Crippen LogP contribution in [0.3, 0.4) is 0 Å². The van der Waals surface area contributed by atoms with Gasteiger partial charge in [0.25, 0.3) is 0 Å². The summed E-state index contributed by atoms with van der Waals surface area (Å²) in [6.45, 7) is 7.33. The van der Waals surface area contributed by atoms with Gasteiger partial charge in [-0.3, -0.25) is 0 Å². The first-order valence-electron chi connectivity index (χ1n) is 6.19. The highest BCUT2D eigenvalue weighted by Gasteiger charge is 2.21. The summed E-state index contributed by atoms with van der Waals surface area (Å²) in [5.41, 5.74) is 1.64. The molecule has 1 aromatic rings. The lowest BCUT2D eigenvalue weighted by atomic mass is 9.97. The molecule has 0 aromatic heterocycles. The van der Waals surface area contributed by atoms with Crippen LogP contribution in [0.25, 0.3) is 0 Å². The van der Waals surface area contributed by atoms with Gasteiger partial charge in [0.05, 0.1) is 5.60 Å². The molecule has 96 valence electrons. The molecular formula is C14H22ClNO. The van der Waals surface area contributed by atoms with E-state index in [4.69, 9.17) is 11.6 Å². The zero-order chi connectivity index (χ0) is 12.9. The lowest BCUT2D eigenvalue weighted by Crippen LogP contribution is -2.39. The highest BCUT2D eigenvalue weighted by molar-refractivity contribution is 6.31. The summed E-state index contributed by atoms with van der Waals surface area (Å²) in [7, 11) is 0. The van der Waals surface area contributed by atoms with E-state index in [-0.39, 0.29) is 0 Å². The molecule has 0 bridgehead atoms. The number of aliphatic hydroxyl groups is 1. The molecule has 17 heavy (non-hydrogen) atoms. The monoisotopic (exact) mass is 255 g/mol. The summed E-state index contributed by atoms with van der Waals surface area (Å²) < 4.78 is 0. The van der Waals surface area contributed by atoms with Crippen LogP contribution in [0.5, 0.6) is 0 Å². The van der Waals surface area contributed by atoms with Crippen LogP contribution in [-0.4, -0.2) is 17.3 Å². The maximum atomic E-state index is 10.1. The molecule has 0 radical (unpaired) electrons. The van der Waals surface area contributed by atoms with Gasteiger partial charge in [-0.1, -0.05) is 37.6 Å². The van der Waals surface area contributed by atoms with Gasteiger partial charge < -0.3 is 10.4 Å². The number of hydrogen-bond donors (Lipinski definition) is 2.